The van der Waals surface area contributed by atoms with Gasteiger partial charge in [0.15, 0.2) is 0 Å². The molecule has 110 valence electrons. The van der Waals surface area contributed by atoms with Crippen LogP contribution in [0.2, 0.25) is 0 Å². The van der Waals surface area contributed by atoms with Gasteiger partial charge < -0.3 is 15.0 Å². The average Bonchev–Trinajstić information content (AvgIpc) is 2.38. The SMILES string of the molecule is Cc1[nH]c(=O)nc(SCCN2CCCCC2)c1C(=O)O. The molecule has 1 aliphatic rings. The lowest BCUT2D eigenvalue weighted by atomic mass is 10.1. The van der Waals surface area contributed by atoms with Crippen molar-refractivity contribution < 1.29 is 9.90 Å². The van der Waals surface area contributed by atoms with Crippen molar-refractivity contribution in [1.29, 1.82) is 0 Å². The molecule has 2 N–H and O–H groups in total. The van der Waals surface area contributed by atoms with E-state index in [0.717, 1.165) is 25.4 Å². The van der Waals surface area contributed by atoms with E-state index in [9.17, 15) is 14.7 Å². The third-order valence-electron chi connectivity index (χ3n) is 3.40. The van der Waals surface area contributed by atoms with Crippen LogP contribution in [0.1, 0.15) is 35.3 Å². The van der Waals surface area contributed by atoms with Crippen LogP contribution in [0.5, 0.6) is 0 Å². The van der Waals surface area contributed by atoms with Crippen LogP contribution >= 0.6 is 11.8 Å². The molecule has 0 radical (unpaired) electrons. The van der Waals surface area contributed by atoms with Crippen molar-refractivity contribution in [3.05, 3.63) is 21.7 Å². The van der Waals surface area contributed by atoms with Crippen molar-refractivity contribution in [1.82, 2.24) is 14.9 Å². The molecular weight excluding hydrogens is 278 g/mol. The average molecular weight is 297 g/mol. The number of rotatable bonds is 5. The van der Waals surface area contributed by atoms with E-state index in [1.165, 1.54) is 31.0 Å². The second-order valence-corrected chi connectivity index (χ2v) is 5.99. The summed E-state index contributed by atoms with van der Waals surface area (Å²) in [5.74, 6) is -0.303. The van der Waals surface area contributed by atoms with Crippen LogP contribution in [0.15, 0.2) is 9.82 Å². The van der Waals surface area contributed by atoms with Gasteiger partial charge in [0.25, 0.3) is 0 Å². The second-order valence-electron chi connectivity index (χ2n) is 4.90. The number of aromatic carboxylic acids is 1. The highest BCUT2D eigenvalue weighted by molar-refractivity contribution is 7.99. The first-order valence-corrected chi connectivity index (χ1v) is 7.76. The van der Waals surface area contributed by atoms with Crippen LogP contribution in [0, 0.1) is 6.92 Å². The summed E-state index contributed by atoms with van der Waals surface area (Å²) in [5, 5.41) is 9.52. The van der Waals surface area contributed by atoms with Crippen molar-refractivity contribution in [3.63, 3.8) is 0 Å². The van der Waals surface area contributed by atoms with Gasteiger partial charge >= 0.3 is 11.7 Å². The minimum Gasteiger partial charge on any atom is -0.478 e. The Kier molecular flexibility index (Phi) is 5.19. The summed E-state index contributed by atoms with van der Waals surface area (Å²) in [7, 11) is 0. The first-order chi connectivity index (χ1) is 9.58. The first-order valence-electron chi connectivity index (χ1n) is 6.77. The Balaban J connectivity index is 2.01. The van der Waals surface area contributed by atoms with Crippen molar-refractivity contribution in [2.75, 3.05) is 25.4 Å². The van der Waals surface area contributed by atoms with Crippen molar-refractivity contribution in [2.24, 2.45) is 0 Å². The largest absolute Gasteiger partial charge is 0.478 e. The number of likely N-dealkylation sites (tertiary alicyclic amines) is 1. The number of H-pyrrole nitrogens is 1. The molecule has 0 bridgehead atoms. The normalized spacial score (nSPS) is 16.2. The zero-order valence-electron chi connectivity index (χ0n) is 11.5. The van der Waals surface area contributed by atoms with E-state index >= 15 is 0 Å². The summed E-state index contributed by atoms with van der Waals surface area (Å²) in [6, 6.07) is 0. The van der Waals surface area contributed by atoms with Crippen LogP contribution in [0.25, 0.3) is 0 Å². The molecule has 1 aliphatic heterocycles. The molecule has 0 aliphatic carbocycles. The predicted molar refractivity (Wildman–Crippen MR) is 77.6 cm³/mol. The quantitative estimate of drug-likeness (QED) is 0.630. The molecule has 0 amide bonds. The molecule has 2 heterocycles. The predicted octanol–water partition coefficient (Wildman–Crippen LogP) is 1.35. The van der Waals surface area contributed by atoms with E-state index in [-0.39, 0.29) is 5.56 Å². The fourth-order valence-electron chi connectivity index (χ4n) is 2.37. The Morgan fingerprint density at radius 2 is 2.10 bits per heavy atom. The molecule has 7 heteroatoms. The van der Waals surface area contributed by atoms with Crippen LogP contribution in [0.3, 0.4) is 0 Å². The molecule has 20 heavy (non-hydrogen) atoms. The van der Waals surface area contributed by atoms with E-state index < -0.39 is 11.7 Å². The van der Waals surface area contributed by atoms with Gasteiger partial charge in [-0.3, -0.25) is 0 Å². The molecule has 0 unspecified atom stereocenters. The number of carbonyl (C=O) groups is 1. The maximum Gasteiger partial charge on any atom is 0.346 e. The maximum absolute atomic E-state index is 11.4. The van der Waals surface area contributed by atoms with E-state index in [1.54, 1.807) is 6.92 Å². The number of aromatic amines is 1. The lowest BCUT2D eigenvalue weighted by Gasteiger charge is -2.26. The van der Waals surface area contributed by atoms with Crippen molar-refractivity contribution >= 4 is 17.7 Å². The zero-order valence-corrected chi connectivity index (χ0v) is 12.3. The third-order valence-corrected chi connectivity index (χ3v) is 4.35. The Labute approximate surface area is 121 Å². The molecule has 1 aromatic rings. The van der Waals surface area contributed by atoms with Gasteiger partial charge in [0.1, 0.15) is 10.6 Å². The van der Waals surface area contributed by atoms with Gasteiger partial charge in [-0.05, 0) is 32.9 Å². The summed E-state index contributed by atoms with van der Waals surface area (Å²) < 4.78 is 0. The molecule has 6 nitrogen and oxygen atoms in total. The van der Waals surface area contributed by atoms with Crippen LogP contribution < -0.4 is 5.69 Å². The standard InChI is InChI=1S/C13H19N3O3S/c1-9-10(12(17)18)11(15-13(19)14-9)20-8-7-16-5-3-2-4-6-16/h2-8H2,1H3,(H,17,18)(H,14,15,19). The summed E-state index contributed by atoms with van der Waals surface area (Å²) in [4.78, 5) is 31.2. The number of hydrogen-bond acceptors (Lipinski definition) is 5. The van der Waals surface area contributed by atoms with E-state index in [4.69, 9.17) is 0 Å². The smallest absolute Gasteiger partial charge is 0.346 e. The molecule has 1 aromatic heterocycles. The van der Waals surface area contributed by atoms with Gasteiger partial charge in [-0.1, -0.05) is 6.42 Å². The topological polar surface area (TPSA) is 86.3 Å². The Morgan fingerprint density at radius 1 is 1.40 bits per heavy atom. The molecule has 0 aromatic carbocycles. The lowest BCUT2D eigenvalue weighted by Crippen LogP contribution is -2.31. The number of piperidine rings is 1. The summed E-state index contributed by atoms with van der Waals surface area (Å²) in [6.07, 6.45) is 3.75. The Morgan fingerprint density at radius 3 is 2.75 bits per heavy atom. The lowest BCUT2D eigenvalue weighted by molar-refractivity contribution is 0.0690. The molecule has 0 saturated carbocycles. The molecular formula is C13H19N3O3S. The fraction of sp³-hybridized carbons (Fsp3) is 0.615. The van der Waals surface area contributed by atoms with Gasteiger partial charge in [0.05, 0.1) is 0 Å². The summed E-state index contributed by atoms with van der Waals surface area (Å²) in [5.41, 5.74) is -0.0285. The third kappa shape index (κ3) is 3.83. The Hall–Kier alpha value is -1.34. The highest BCUT2D eigenvalue weighted by Gasteiger charge is 2.17. The van der Waals surface area contributed by atoms with Gasteiger partial charge in [-0.25, -0.2) is 9.59 Å². The highest BCUT2D eigenvalue weighted by Crippen LogP contribution is 2.21. The number of carboxylic acids is 1. The Bertz CT molecular complexity index is 538. The minimum atomic E-state index is -1.05. The van der Waals surface area contributed by atoms with Crippen LogP contribution in [-0.2, 0) is 0 Å². The van der Waals surface area contributed by atoms with E-state index in [1.807, 2.05) is 0 Å². The molecule has 2 rings (SSSR count). The van der Waals surface area contributed by atoms with Gasteiger partial charge in [-0.15, -0.1) is 11.8 Å². The molecule has 0 atom stereocenters. The highest BCUT2D eigenvalue weighted by atomic mass is 32.2. The number of hydrogen-bond donors (Lipinski definition) is 2. The van der Waals surface area contributed by atoms with Crippen molar-refractivity contribution in [3.8, 4) is 0 Å². The second kappa shape index (κ2) is 6.90. The fourth-order valence-corrected chi connectivity index (χ4v) is 3.45. The number of nitrogens with zero attached hydrogens (tertiary/aromatic N) is 2. The molecule has 0 spiro atoms. The van der Waals surface area contributed by atoms with Gasteiger partial charge in [0, 0.05) is 18.0 Å². The zero-order chi connectivity index (χ0) is 14.5. The number of aromatic nitrogens is 2. The minimum absolute atomic E-state index is 0.105. The van der Waals surface area contributed by atoms with Crippen molar-refractivity contribution in [2.45, 2.75) is 31.2 Å². The van der Waals surface area contributed by atoms with E-state index in [2.05, 4.69) is 14.9 Å². The van der Waals surface area contributed by atoms with Gasteiger partial charge in [0.2, 0.25) is 0 Å². The maximum atomic E-state index is 11.4. The number of thioether (sulfide) groups is 1. The van der Waals surface area contributed by atoms with E-state index in [0.29, 0.717) is 10.7 Å². The molecule has 1 fully saturated rings. The number of nitrogens with one attached hydrogen (secondary N) is 1. The van der Waals surface area contributed by atoms with Crippen LogP contribution in [-0.4, -0.2) is 51.3 Å². The first kappa shape index (κ1) is 15.1. The number of aryl methyl sites for hydroxylation is 1. The monoisotopic (exact) mass is 297 g/mol. The summed E-state index contributed by atoms with van der Waals surface area (Å²) in [6.45, 7) is 4.70. The molecule has 1 saturated heterocycles. The number of carboxylic acid groups (broad SMARTS) is 1. The van der Waals surface area contributed by atoms with Crippen LogP contribution in [0.4, 0.5) is 0 Å². The van der Waals surface area contributed by atoms with Gasteiger partial charge in [-0.2, -0.15) is 4.98 Å². The summed E-state index contributed by atoms with van der Waals surface area (Å²) >= 11 is 1.34.